The zero-order valence-electron chi connectivity index (χ0n) is 13.3. The summed E-state index contributed by atoms with van der Waals surface area (Å²) in [5.41, 5.74) is 3.80. The van der Waals surface area contributed by atoms with Crippen molar-refractivity contribution in [3.05, 3.63) is 41.2 Å². The van der Waals surface area contributed by atoms with Gasteiger partial charge in [-0.1, -0.05) is 12.1 Å². The third-order valence-electron chi connectivity index (χ3n) is 4.20. The normalized spacial score (nSPS) is 15.3. The Bertz CT molecular complexity index is 697. The lowest BCUT2D eigenvalue weighted by Crippen LogP contribution is -2.20. The lowest BCUT2D eigenvalue weighted by atomic mass is 10.1. The Labute approximate surface area is 136 Å². The number of hydrogen-bond donors (Lipinski definition) is 1. The molecule has 1 N–H and O–H groups in total. The SMILES string of the molecule is CCc1cc(C#N)ccc1NCc1cn(C2CCOCC2)nn1. The average Bonchev–Trinajstić information content (AvgIpc) is 3.09. The average molecular weight is 311 g/mol. The molecule has 0 radical (unpaired) electrons. The molecule has 120 valence electrons. The van der Waals surface area contributed by atoms with Gasteiger partial charge in [0.05, 0.1) is 30.4 Å². The summed E-state index contributed by atoms with van der Waals surface area (Å²) in [6.45, 7) is 4.30. The van der Waals surface area contributed by atoms with Crippen LogP contribution in [0.4, 0.5) is 5.69 Å². The van der Waals surface area contributed by atoms with Gasteiger partial charge in [0, 0.05) is 18.9 Å². The van der Waals surface area contributed by atoms with Crippen LogP contribution in [-0.4, -0.2) is 28.2 Å². The van der Waals surface area contributed by atoms with Gasteiger partial charge in [0.2, 0.25) is 0 Å². The van der Waals surface area contributed by atoms with Crippen LogP contribution in [0, 0.1) is 11.3 Å². The van der Waals surface area contributed by atoms with Crippen molar-refractivity contribution in [3.8, 4) is 6.07 Å². The lowest BCUT2D eigenvalue weighted by molar-refractivity contribution is 0.0657. The van der Waals surface area contributed by atoms with E-state index in [0.717, 1.165) is 49.4 Å². The number of nitrogens with one attached hydrogen (secondary N) is 1. The molecule has 1 saturated heterocycles. The topological polar surface area (TPSA) is 75.8 Å². The second-order valence-electron chi connectivity index (χ2n) is 5.72. The van der Waals surface area contributed by atoms with Crippen LogP contribution in [0.1, 0.15) is 42.6 Å². The van der Waals surface area contributed by atoms with Gasteiger partial charge in [-0.25, -0.2) is 4.68 Å². The number of ether oxygens (including phenoxy) is 1. The molecule has 1 aromatic carbocycles. The van der Waals surface area contributed by atoms with Crippen molar-refractivity contribution in [2.24, 2.45) is 0 Å². The molecular weight excluding hydrogens is 290 g/mol. The minimum Gasteiger partial charge on any atom is -0.381 e. The highest BCUT2D eigenvalue weighted by Gasteiger charge is 2.17. The largest absolute Gasteiger partial charge is 0.381 e. The van der Waals surface area contributed by atoms with E-state index in [0.29, 0.717) is 18.2 Å². The smallest absolute Gasteiger partial charge is 0.102 e. The van der Waals surface area contributed by atoms with Crippen LogP contribution in [0.5, 0.6) is 0 Å². The molecule has 0 aliphatic carbocycles. The van der Waals surface area contributed by atoms with Crippen LogP contribution in [0.2, 0.25) is 0 Å². The molecule has 1 aliphatic rings. The predicted octanol–water partition coefficient (Wildman–Crippen LogP) is 2.68. The second kappa shape index (κ2) is 7.25. The molecule has 6 nitrogen and oxygen atoms in total. The first-order valence-corrected chi connectivity index (χ1v) is 8.05. The Morgan fingerprint density at radius 2 is 2.22 bits per heavy atom. The number of aryl methyl sites for hydroxylation is 1. The molecule has 1 aliphatic heterocycles. The van der Waals surface area contributed by atoms with Crippen molar-refractivity contribution in [1.82, 2.24) is 15.0 Å². The van der Waals surface area contributed by atoms with Gasteiger partial charge in [-0.2, -0.15) is 5.26 Å². The number of benzene rings is 1. The van der Waals surface area contributed by atoms with Crippen molar-refractivity contribution in [1.29, 1.82) is 5.26 Å². The van der Waals surface area contributed by atoms with E-state index in [1.807, 2.05) is 29.1 Å². The Balaban J connectivity index is 1.64. The maximum absolute atomic E-state index is 8.98. The van der Waals surface area contributed by atoms with Crippen molar-refractivity contribution in [2.45, 2.75) is 38.8 Å². The van der Waals surface area contributed by atoms with Crippen LogP contribution >= 0.6 is 0 Å². The van der Waals surface area contributed by atoms with Crippen LogP contribution in [-0.2, 0) is 17.7 Å². The summed E-state index contributed by atoms with van der Waals surface area (Å²) in [6, 6.07) is 8.30. The molecular formula is C17H21N5O. The van der Waals surface area contributed by atoms with Gasteiger partial charge >= 0.3 is 0 Å². The monoisotopic (exact) mass is 311 g/mol. The maximum Gasteiger partial charge on any atom is 0.102 e. The van der Waals surface area contributed by atoms with Gasteiger partial charge in [0.25, 0.3) is 0 Å². The Hall–Kier alpha value is -2.39. The summed E-state index contributed by atoms with van der Waals surface area (Å²) < 4.78 is 7.34. The number of aromatic nitrogens is 3. The summed E-state index contributed by atoms with van der Waals surface area (Å²) in [4.78, 5) is 0. The third kappa shape index (κ3) is 3.69. The van der Waals surface area contributed by atoms with Gasteiger partial charge in [-0.3, -0.25) is 0 Å². The number of nitrogens with zero attached hydrogens (tertiary/aromatic N) is 4. The van der Waals surface area contributed by atoms with Gasteiger partial charge in [0.15, 0.2) is 0 Å². The summed E-state index contributed by atoms with van der Waals surface area (Å²) in [5, 5.41) is 20.9. The number of rotatable bonds is 5. The number of anilines is 1. The van der Waals surface area contributed by atoms with E-state index in [1.165, 1.54) is 0 Å². The molecule has 0 amide bonds. The summed E-state index contributed by atoms with van der Waals surface area (Å²) in [7, 11) is 0. The summed E-state index contributed by atoms with van der Waals surface area (Å²) in [5.74, 6) is 0. The minimum atomic E-state index is 0.395. The number of nitriles is 1. The molecule has 3 rings (SSSR count). The fourth-order valence-corrected chi connectivity index (χ4v) is 2.84. The fourth-order valence-electron chi connectivity index (χ4n) is 2.84. The first-order chi connectivity index (χ1) is 11.3. The molecule has 0 atom stereocenters. The molecule has 0 saturated carbocycles. The Morgan fingerprint density at radius 3 is 2.96 bits per heavy atom. The van der Waals surface area contributed by atoms with Crippen LogP contribution in [0.25, 0.3) is 0 Å². The minimum absolute atomic E-state index is 0.395. The molecule has 0 spiro atoms. The molecule has 1 aromatic heterocycles. The molecule has 0 bridgehead atoms. The van der Waals surface area contributed by atoms with Crippen molar-refractivity contribution >= 4 is 5.69 Å². The van der Waals surface area contributed by atoms with Gasteiger partial charge in [-0.15, -0.1) is 5.10 Å². The Kier molecular flexibility index (Phi) is 4.89. The quantitative estimate of drug-likeness (QED) is 0.918. The first kappa shape index (κ1) is 15.5. The van der Waals surface area contributed by atoms with E-state index in [4.69, 9.17) is 10.00 Å². The van der Waals surface area contributed by atoms with Crippen molar-refractivity contribution < 1.29 is 4.74 Å². The standard InChI is InChI=1S/C17H21N5O/c1-2-14-9-13(10-18)3-4-17(14)19-11-15-12-22(21-20-15)16-5-7-23-8-6-16/h3-4,9,12,16,19H,2,5-8,11H2,1H3. The zero-order chi connectivity index (χ0) is 16.1. The zero-order valence-corrected chi connectivity index (χ0v) is 13.3. The van der Waals surface area contributed by atoms with Crippen molar-refractivity contribution in [3.63, 3.8) is 0 Å². The van der Waals surface area contributed by atoms with E-state index in [9.17, 15) is 0 Å². The van der Waals surface area contributed by atoms with Gasteiger partial charge in [-0.05, 0) is 43.0 Å². The van der Waals surface area contributed by atoms with Crippen LogP contribution in [0.3, 0.4) is 0 Å². The third-order valence-corrected chi connectivity index (χ3v) is 4.20. The molecule has 2 heterocycles. The summed E-state index contributed by atoms with van der Waals surface area (Å²) >= 11 is 0. The van der Waals surface area contributed by atoms with Crippen molar-refractivity contribution in [2.75, 3.05) is 18.5 Å². The number of hydrogen-bond acceptors (Lipinski definition) is 5. The van der Waals surface area contributed by atoms with E-state index in [-0.39, 0.29) is 0 Å². The van der Waals surface area contributed by atoms with E-state index in [2.05, 4.69) is 28.6 Å². The molecule has 23 heavy (non-hydrogen) atoms. The van der Waals surface area contributed by atoms with E-state index in [1.54, 1.807) is 0 Å². The van der Waals surface area contributed by atoms with Crippen LogP contribution in [0.15, 0.2) is 24.4 Å². The fraction of sp³-hybridized carbons (Fsp3) is 0.471. The van der Waals surface area contributed by atoms with Gasteiger partial charge in [0.1, 0.15) is 5.69 Å². The maximum atomic E-state index is 8.98. The highest BCUT2D eigenvalue weighted by molar-refractivity contribution is 5.54. The molecule has 2 aromatic rings. The second-order valence-corrected chi connectivity index (χ2v) is 5.72. The highest BCUT2D eigenvalue weighted by Crippen LogP contribution is 2.21. The predicted molar refractivity (Wildman–Crippen MR) is 87.0 cm³/mol. The summed E-state index contributed by atoms with van der Waals surface area (Å²) in [6.07, 6.45) is 4.88. The van der Waals surface area contributed by atoms with E-state index >= 15 is 0 Å². The first-order valence-electron chi connectivity index (χ1n) is 8.05. The highest BCUT2D eigenvalue weighted by atomic mass is 16.5. The van der Waals surface area contributed by atoms with Gasteiger partial charge < -0.3 is 10.1 Å². The molecule has 0 unspecified atom stereocenters. The van der Waals surface area contributed by atoms with E-state index < -0.39 is 0 Å². The molecule has 6 heteroatoms. The Morgan fingerprint density at radius 1 is 1.39 bits per heavy atom. The van der Waals surface area contributed by atoms with Crippen LogP contribution < -0.4 is 5.32 Å². The molecule has 1 fully saturated rings. The lowest BCUT2D eigenvalue weighted by Gasteiger charge is -2.21.